The van der Waals surface area contributed by atoms with Crippen LogP contribution in [0.15, 0.2) is 103 Å². The lowest BCUT2D eigenvalue weighted by Crippen LogP contribution is -2.25. The molecule has 2 unspecified atom stereocenters. The molecule has 2 fully saturated rings. The normalized spacial score (nSPS) is 19.5. The Hall–Kier alpha value is -3.57. The van der Waals surface area contributed by atoms with E-state index in [4.69, 9.17) is 23.7 Å². The van der Waals surface area contributed by atoms with Crippen LogP contribution in [0, 0.1) is 0 Å². The summed E-state index contributed by atoms with van der Waals surface area (Å²) in [5.41, 5.74) is 0. The predicted octanol–water partition coefficient (Wildman–Crippen LogP) is 4.67. The molecule has 0 N–H and O–H groups in total. The van der Waals surface area contributed by atoms with Gasteiger partial charge in [-0.05, 0) is 84.9 Å². The third-order valence-electron chi connectivity index (χ3n) is 6.26. The SMILES string of the molecule is O=P(c1ccc(OCC2CO2)cc1)(c1ccc(OCC2CO2)cc1)c1ccc(Oc2ccccc2)cc1. The standard InChI is InChI=1S/C30H27O6P/c31-37(28-12-6-22(7-13-28)32-18-26-20-34-26,29-14-8-23(9-15-29)33-19-27-21-35-27)30-16-10-25(11-17-30)36-24-4-2-1-3-5-24/h1-17,26-27H,18-21H2. The quantitative estimate of drug-likeness (QED) is 0.214. The number of hydrogen-bond donors (Lipinski definition) is 0. The van der Waals surface area contributed by atoms with Crippen LogP contribution in [0.1, 0.15) is 0 Å². The van der Waals surface area contributed by atoms with Gasteiger partial charge in [-0.1, -0.05) is 18.2 Å². The van der Waals surface area contributed by atoms with Crippen LogP contribution >= 0.6 is 7.14 Å². The number of epoxide rings is 2. The molecule has 37 heavy (non-hydrogen) atoms. The topological polar surface area (TPSA) is 69.8 Å². The van der Waals surface area contributed by atoms with Crippen molar-refractivity contribution in [1.82, 2.24) is 0 Å². The highest BCUT2D eigenvalue weighted by Crippen LogP contribution is 2.43. The highest BCUT2D eigenvalue weighted by Gasteiger charge is 2.30. The molecular formula is C30H27O6P. The van der Waals surface area contributed by atoms with E-state index < -0.39 is 7.14 Å². The van der Waals surface area contributed by atoms with Crippen molar-refractivity contribution in [3.05, 3.63) is 103 Å². The first-order valence-electron chi connectivity index (χ1n) is 12.3. The van der Waals surface area contributed by atoms with Crippen molar-refractivity contribution in [3.8, 4) is 23.0 Å². The van der Waals surface area contributed by atoms with Gasteiger partial charge in [-0.15, -0.1) is 0 Å². The van der Waals surface area contributed by atoms with Gasteiger partial charge in [0.05, 0.1) is 13.2 Å². The summed E-state index contributed by atoms with van der Waals surface area (Å²) in [5.74, 6) is 2.88. The summed E-state index contributed by atoms with van der Waals surface area (Å²) in [6.45, 7) is 2.52. The van der Waals surface area contributed by atoms with E-state index in [1.165, 1.54) is 0 Å². The fraction of sp³-hybridized carbons (Fsp3) is 0.200. The Balaban J connectivity index is 1.29. The lowest BCUT2D eigenvalue weighted by atomic mass is 10.3. The fourth-order valence-corrected chi connectivity index (χ4v) is 6.61. The number of benzene rings is 4. The van der Waals surface area contributed by atoms with Gasteiger partial charge < -0.3 is 28.2 Å². The van der Waals surface area contributed by atoms with Crippen LogP contribution in [0.25, 0.3) is 0 Å². The summed E-state index contributed by atoms with van der Waals surface area (Å²) < 4.78 is 42.9. The molecule has 6 rings (SSSR count). The van der Waals surface area contributed by atoms with E-state index in [0.717, 1.165) is 41.1 Å². The van der Waals surface area contributed by atoms with E-state index in [1.807, 2.05) is 103 Å². The zero-order chi connectivity index (χ0) is 25.1. The molecule has 2 heterocycles. The van der Waals surface area contributed by atoms with Crippen molar-refractivity contribution in [2.24, 2.45) is 0 Å². The van der Waals surface area contributed by atoms with E-state index >= 15 is 0 Å². The van der Waals surface area contributed by atoms with E-state index in [0.29, 0.717) is 24.3 Å². The van der Waals surface area contributed by atoms with Gasteiger partial charge in [0, 0.05) is 15.9 Å². The van der Waals surface area contributed by atoms with E-state index in [-0.39, 0.29) is 12.2 Å². The molecule has 7 heteroatoms. The largest absolute Gasteiger partial charge is 0.491 e. The molecular weight excluding hydrogens is 487 g/mol. The molecule has 0 amide bonds. The highest BCUT2D eigenvalue weighted by molar-refractivity contribution is 7.85. The van der Waals surface area contributed by atoms with Crippen LogP contribution in [0.4, 0.5) is 0 Å². The maximum Gasteiger partial charge on any atom is 0.171 e. The molecule has 0 saturated carbocycles. The molecule has 4 aromatic carbocycles. The molecule has 0 aromatic heterocycles. The zero-order valence-electron chi connectivity index (χ0n) is 20.2. The van der Waals surface area contributed by atoms with Crippen molar-refractivity contribution < 1.29 is 28.2 Å². The van der Waals surface area contributed by atoms with E-state index in [9.17, 15) is 4.57 Å². The summed E-state index contributed by atoms with van der Waals surface area (Å²) in [7, 11) is -3.19. The van der Waals surface area contributed by atoms with Crippen LogP contribution < -0.4 is 30.1 Å². The summed E-state index contributed by atoms with van der Waals surface area (Å²) in [5, 5.41) is 2.16. The number of para-hydroxylation sites is 1. The Kier molecular flexibility index (Phi) is 6.71. The molecule has 188 valence electrons. The molecule has 2 aliphatic heterocycles. The van der Waals surface area contributed by atoms with Crippen molar-refractivity contribution >= 4 is 23.1 Å². The summed E-state index contributed by atoms with van der Waals surface area (Å²) in [6.07, 6.45) is 0.351. The first-order chi connectivity index (χ1) is 18.2. The average molecular weight is 515 g/mol. The van der Waals surface area contributed by atoms with Crippen LogP contribution in [0.2, 0.25) is 0 Å². The molecule has 0 spiro atoms. The van der Waals surface area contributed by atoms with Gasteiger partial charge in [0.1, 0.15) is 48.4 Å². The second-order valence-electron chi connectivity index (χ2n) is 9.04. The third-order valence-corrected chi connectivity index (χ3v) is 9.33. The number of ether oxygens (including phenoxy) is 5. The van der Waals surface area contributed by atoms with Crippen LogP contribution in [-0.4, -0.2) is 38.6 Å². The Morgan fingerprint density at radius 1 is 0.568 bits per heavy atom. The summed E-state index contributed by atoms with van der Waals surface area (Å²) in [6, 6.07) is 32.0. The first kappa shape index (κ1) is 23.8. The summed E-state index contributed by atoms with van der Waals surface area (Å²) in [4.78, 5) is 0. The Labute approximate surface area is 216 Å². The Bertz CT molecular complexity index is 1300. The van der Waals surface area contributed by atoms with E-state index in [2.05, 4.69) is 0 Å². The molecule has 2 saturated heterocycles. The van der Waals surface area contributed by atoms with Crippen LogP contribution in [-0.2, 0) is 14.0 Å². The number of rotatable bonds is 11. The minimum absolute atomic E-state index is 0.176. The molecule has 2 atom stereocenters. The molecule has 4 aromatic rings. The minimum Gasteiger partial charge on any atom is -0.491 e. The van der Waals surface area contributed by atoms with Gasteiger partial charge >= 0.3 is 0 Å². The zero-order valence-corrected chi connectivity index (χ0v) is 21.1. The fourth-order valence-electron chi connectivity index (χ4n) is 4.01. The highest BCUT2D eigenvalue weighted by atomic mass is 31.2. The summed E-state index contributed by atoms with van der Waals surface area (Å²) >= 11 is 0. The first-order valence-corrected chi connectivity index (χ1v) is 14.0. The van der Waals surface area contributed by atoms with Crippen molar-refractivity contribution in [2.45, 2.75) is 12.2 Å². The van der Waals surface area contributed by atoms with Crippen molar-refractivity contribution in [2.75, 3.05) is 26.4 Å². The van der Waals surface area contributed by atoms with Gasteiger partial charge in [0.25, 0.3) is 0 Å². The molecule has 0 radical (unpaired) electrons. The number of hydrogen-bond acceptors (Lipinski definition) is 6. The average Bonchev–Trinajstić information content (AvgIpc) is 3.88. The van der Waals surface area contributed by atoms with Gasteiger partial charge in [0.15, 0.2) is 7.14 Å². The lowest BCUT2D eigenvalue weighted by Gasteiger charge is -2.21. The van der Waals surface area contributed by atoms with Gasteiger partial charge in [0.2, 0.25) is 0 Å². The van der Waals surface area contributed by atoms with Crippen molar-refractivity contribution in [1.29, 1.82) is 0 Å². The van der Waals surface area contributed by atoms with Gasteiger partial charge in [-0.25, -0.2) is 0 Å². The maximum absolute atomic E-state index is 14.9. The molecule has 6 nitrogen and oxygen atoms in total. The Morgan fingerprint density at radius 2 is 0.946 bits per heavy atom. The monoisotopic (exact) mass is 514 g/mol. The maximum atomic E-state index is 14.9. The van der Waals surface area contributed by atoms with E-state index in [1.54, 1.807) is 0 Å². The van der Waals surface area contributed by atoms with Crippen molar-refractivity contribution in [3.63, 3.8) is 0 Å². The predicted molar refractivity (Wildman–Crippen MR) is 143 cm³/mol. The van der Waals surface area contributed by atoms with Gasteiger partial charge in [-0.2, -0.15) is 0 Å². The van der Waals surface area contributed by atoms with Gasteiger partial charge in [-0.3, -0.25) is 0 Å². The Morgan fingerprint density at radius 3 is 1.35 bits per heavy atom. The third kappa shape index (κ3) is 5.72. The smallest absolute Gasteiger partial charge is 0.171 e. The second kappa shape index (κ2) is 10.4. The van der Waals surface area contributed by atoms with Crippen LogP contribution in [0.5, 0.6) is 23.0 Å². The minimum atomic E-state index is -3.19. The second-order valence-corrected chi connectivity index (χ2v) is 11.8. The molecule has 0 bridgehead atoms. The lowest BCUT2D eigenvalue weighted by molar-refractivity contribution is 0.263. The molecule has 0 aliphatic carbocycles. The van der Waals surface area contributed by atoms with Crippen LogP contribution in [0.3, 0.4) is 0 Å². The molecule has 2 aliphatic rings.